The van der Waals surface area contributed by atoms with E-state index >= 15 is 0 Å². The normalized spacial score (nSPS) is 21.5. The third kappa shape index (κ3) is 4.84. The number of hydrogen-bond acceptors (Lipinski definition) is 3. The van der Waals surface area contributed by atoms with Crippen LogP contribution in [0.4, 0.5) is 23.7 Å². The number of rotatable bonds is 4. The molecule has 1 fully saturated rings. The van der Waals surface area contributed by atoms with Crippen molar-refractivity contribution in [3.63, 3.8) is 0 Å². The first-order chi connectivity index (χ1) is 11.9. The average molecular weight is 357 g/mol. The summed E-state index contributed by atoms with van der Waals surface area (Å²) in [7, 11) is 0. The lowest BCUT2D eigenvalue weighted by Gasteiger charge is -2.24. The third-order valence-electron chi connectivity index (χ3n) is 4.65. The van der Waals surface area contributed by atoms with Gasteiger partial charge in [0.25, 0.3) is 0 Å². The van der Waals surface area contributed by atoms with Gasteiger partial charge in [-0.15, -0.1) is 0 Å². The molecule has 2 atom stereocenters. The number of urea groups is 1. The molecule has 0 saturated carbocycles. The number of aromatic nitrogens is 1. The largest absolute Gasteiger partial charge is 0.408 e. The van der Waals surface area contributed by atoms with Gasteiger partial charge in [0.1, 0.15) is 6.04 Å². The lowest BCUT2D eigenvalue weighted by molar-refractivity contribution is -0.159. The number of hydrogen-bond donors (Lipinski definition) is 2. The van der Waals surface area contributed by atoms with Crippen molar-refractivity contribution in [2.24, 2.45) is 0 Å². The number of pyridine rings is 1. The van der Waals surface area contributed by atoms with Crippen LogP contribution in [0.3, 0.4) is 0 Å². The van der Waals surface area contributed by atoms with Crippen molar-refractivity contribution in [2.75, 3.05) is 11.9 Å². The highest BCUT2D eigenvalue weighted by molar-refractivity contribution is 5.89. The number of alkyl halides is 3. The molecular formula is C17H22F3N3O2. The first kappa shape index (κ1) is 18.0. The summed E-state index contributed by atoms with van der Waals surface area (Å²) >= 11 is 0. The van der Waals surface area contributed by atoms with E-state index in [1.807, 2.05) is 5.32 Å². The summed E-state index contributed by atoms with van der Waals surface area (Å²) in [4.78, 5) is 16.3. The van der Waals surface area contributed by atoms with E-state index in [9.17, 15) is 18.0 Å². The zero-order valence-electron chi connectivity index (χ0n) is 13.9. The predicted octanol–water partition coefficient (Wildman–Crippen LogP) is 3.58. The Balaban J connectivity index is 1.61. The molecule has 2 N–H and O–H groups in total. The van der Waals surface area contributed by atoms with E-state index in [4.69, 9.17) is 4.74 Å². The van der Waals surface area contributed by atoms with Gasteiger partial charge in [-0.25, -0.2) is 4.79 Å². The van der Waals surface area contributed by atoms with Gasteiger partial charge in [0.05, 0.1) is 18.0 Å². The van der Waals surface area contributed by atoms with Crippen molar-refractivity contribution in [3.05, 3.63) is 23.5 Å². The summed E-state index contributed by atoms with van der Waals surface area (Å²) in [6, 6.07) is -1.01. The quantitative estimate of drug-likeness (QED) is 0.866. The average Bonchev–Trinajstić information content (AvgIpc) is 3.06. The maximum absolute atomic E-state index is 13.2. The molecule has 2 aliphatic rings. The van der Waals surface area contributed by atoms with Gasteiger partial charge in [-0.1, -0.05) is 0 Å². The van der Waals surface area contributed by atoms with Crippen LogP contribution in [-0.4, -0.2) is 35.9 Å². The summed E-state index contributed by atoms with van der Waals surface area (Å²) in [5.74, 6) is 0. The molecule has 0 bridgehead atoms. The molecule has 1 aromatic heterocycles. The summed E-state index contributed by atoms with van der Waals surface area (Å²) in [5, 5.41) is 4.50. The SMILES string of the molecule is O=C(Nc1cnc2c(c1)CCCC2)NC(CC1CCCO1)C(F)(F)F. The standard InChI is InChI=1S/C17H22F3N3O2/c18-17(19,20)15(9-13-5-3-7-25-13)23-16(24)22-12-8-11-4-1-2-6-14(11)21-10-12/h8,10,13,15H,1-7,9H2,(H2,22,23,24). The van der Waals surface area contributed by atoms with Crippen LogP contribution in [0.2, 0.25) is 0 Å². The molecule has 138 valence electrons. The van der Waals surface area contributed by atoms with E-state index in [0.717, 1.165) is 43.4 Å². The molecule has 1 aliphatic carbocycles. The lowest BCUT2D eigenvalue weighted by Crippen LogP contribution is -2.48. The van der Waals surface area contributed by atoms with Gasteiger partial charge < -0.3 is 15.4 Å². The Hall–Kier alpha value is -1.83. The van der Waals surface area contributed by atoms with Crippen molar-refractivity contribution in [3.8, 4) is 0 Å². The van der Waals surface area contributed by atoms with Gasteiger partial charge in [0.15, 0.2) is 0 Å². The Morgan fingerprint density at radius 3 is 2.84 bits per heavy atom. The van der Waals surface area contributed by atoms with Crippen LogP contribution in [0.5, 0.6) is 0 Å². The molecule has 25 heavy (non-hydrogen) atoms. The Kier molecular flexibility index (Phi) is 5.46. The molecule has 2 heterocycles. The lowest BCUT2D eigenvalue weighted by atomic mass is 9.96. The first-order valence-corrected chi connectivity index (χ1v) is 8.65. The Morgan fingerprint density at radius 1 is 1.32 bits per heavy atom. The second-order valence-electron chi connectivity index (χ2n) is 6.60. The zero-order chi connectivity index (χ0) is 17.9. The summed E-state index contributed by atoms with van der Waals surface area (Å²) in [6.45, 7) is 0.474. The predicted molar refractivity (Wildman–Crippen MR) is 86.5 cm³/mol. The molecule has 5 nitrogen and oxygen atoms in total. The topological polar surface area (TPSA) is 63.2 Å². The number of amides is 2. The number of carbonyl (C=O) groups excluding carboxylic acids is 1. The minimum atomic E-state index is -4.52. The van der Waals surface area contributed by atoms with Gasteiger partial charge in [0, 0.05) is 18.7 Å². The fourth-order valence-corrected chi connectivity index (χ4v) is 3.35. The number of aryl methyl sites for hydroxylation is 2. The molecule has 1 aliphatic heterocycles. The van der Waals surface area contributed by atoms with Crippen LogP contribution in [0.15, 0.2) is 12.3 Å². The minimum absolute atomic E-state index is 0.265. The van der Waals surface area contributed by atoms with Crippen LogP contribution in [-0.2, 0) is 17.6 Å². The van der Waals surface area contributed by atoms with E-state index in [1.165, 1.54) is 6.20 Å². The minimum Gasteiger partial charge on any atom is -0.378 e. The Morgan fingerprint density at radius 2 is 2.12 bits per heavy atom. The maximum atomic E-state index is 13.2. The van der Waals surface area contributed by atoms with Gasteiger partial charge in [-0.05, 0) is 50.2 Å². The van der Waals surface area contributed by atoms with Crippen LogP contribution < -0.4 is 10.6 Å². The van der Waals surface area contributed by atoms with Crippen LogP contribution in [0.1, 0.15) is 43.4 Å². The van der Waals surface area contributed by atoms with Crippen molar-refractivity contribution in [2.45, 2.75) is 63.3 Å². The molecule has 1 aromatic rings. The van der Waals surface area contributed by atoms with Crippen molar-refractivity contribution >= 4 is 11.7 Å². The summed E-state index contributed by atoms with van der Waals surface area (Å²) in [5.41, 5.74) is 2.47. The molecule has 2 unspecified atom stereocenters. The second-order valence-corrected chi connectivity index (χ2v) is 6.60. The number of nitrogens with one attached hydrogen (secondary N) is 2. The molecule has 8 heteroatoms. The van der Waals surface area contributed by atoms with E-state index < -0.39 is 24.4 Å². The van der Waals surface area contributed by atoms with Crippen LogP contribution in [0.25, 0.3) is 0 Å². The van der Waals surface area contributed by atoms with Crippen molar-refractivity contribution in [1.29, 1.82) is 0 Å². The van der Waals surface area contributed by atoms with Crippen LogP contribution in [0, 0.1) is 0 Å². The number of fused-ring (bicyclic) bond motifs is 1. The number of nitrogens with zero attached hydrogens (tertiary/aromatic N) is 1. The van der Waals surface area contributed by atoms with E-state index in [-0.39, 0.29) is 6.42 Å². The van der Waals surface area contributed by atoms with Gasteiger partial charge >= 0.3 is 12.2 Å². The smallest absolute Gasteiger partial charge is 0.378 e. The fourth-order valence-electron chi connectivity index (χ4n) is 3.35. The molecule has 0 aromatic carbocycles. The van der Waals surface area contributed by atoms with E-state index in [1.54, 1.807) is 6.07 Å². The maximum Gasteiger partial charge on any atom is 0.408 e. The third-order valence-corrected chi connectivity index (χ3v) is 4.65. The number of carbonyl (C=O) groups is 1. The summed E-state index contributed by atoms with van der Waals surface area (Å²) < 4.78 is 44.8. The highest BCUT2D eigenvalue weighted by atomic mass is 19.4. The monoisotopic (exact) mass is 357 g/mol. The Labute approximate surface area is 144 Å². The number of halogens is 3. The van der Waals surface area contributed by atoms with Gasteiger partial charge in [-0.2, -0.15) is 13.2 Å². The van der Waals surface area contributed by atoms with E-state index in [2.05, 4.69) is 10.3 Å². The molecule has 0 spiro atoms. The molecule has 3 rings (SSSR count). The first-order valence-electron chi connectivity index (χ1n) is 8.65. The Bertz CT molecular complexity index is 616. The fraction of sp³-hybridized carbons (Fsp3) is 0.647. The highest BCUT2D eigenvalue weighted by Gasteiger charge is 2.42. The van der Waals surface area contributed by atoms with Crippen molar-refractivity contribution in [1.82, 2.24) is 10.3 Å². The van der Waals surface area contributed by atoms with E-state index in [0.29, 0.717) is 18.7 Å². The second kappa shape index (κ2) is 7.59. The number of anilines is 1. The number of ether oxygens (including phenoxy) is 1. The molecule has 1 saturated heterocycles. The molecule has 0 radical (unpaired) electrons. The van der Waals surface area contributed by atoms with Gasteiger partial charge in [-0.3, -0.25) is 4.98 Å². The van der Waals surface area contributed by atoms with Crippen LogP contribution >= 0.6 is 0 Å². The van der Waals surface area contributed by atoms with Gasteiger partial charge in [0.2, 0.25) is 0 Å². The zero-order valence-corrected chi connectivity index (χ0v) is 13.9. The highest BCUT2D eigenvalue weighted by Crippen LogP contribution is 2.28. The molecular weight excluding hydrogens is 335 g/mol. The summed E-state index contributed by atoms with van der Waals surface area (Å²) in [6.07, 6.45) is 1.52. The van der Waals surface area contributed by atoms with Crippen molar-refractivity contribution < 1.29 is 22.7 Å². The molecule has 2 amide bonds.